The van der Waals surface area contributed by atoms with Crippen LogP contribution in [0.3, 0.4) is 0 Å². The third-order valence-electron chi connectivity index (χ3n) is 4.51. The van der Waals surface area contributed by atoms with E-state index in [1.807, 2.05) is 11.8 Å². The number of nitrogens with one attached hydrogen (secondary N) is 1. The average Bonchev–Trinajstić information content (AvgIpc) is 2.48. The van der Waals surface area contributed by atoms with Gasteiger partial charge in [-0.1, -0.05) is 0 Å². The molecule has 2 aliphatic heterocycles. The normalized spacial score (nSPS) is 26.8. The minimum Gasteiger partial charge on any atom is -0.337 e. The highest BCUT2D eigenvalue weighted by atomic mass is 16.2. The second kappa shape index (κ2) is 5.48. The maximum atomic E-state index is 12.5. The van der Waals surface area contributed by atoms with Crippen molar-refractivity contribution in [1.82, 2.24) is 20.2 Å². The summed E-state index contributed by atoms with van der Waals surface area (Å²) in [6.45, 7) is 5.73. The van der Waals surface area contributed by atoms with Gasteiger partial charge in [0, 0.05) is 31.2 Å². The Kier molecular flexibility index (Phi) is 3.70. The lowest BCUT2D eigenvalue weighted by atomic mass is 9.74. The highest BCUT2D eigenvalue weighted by Gasteiger charge is 2.38. The van der Waals surface area contributed by atoms with Crippen LogP contribution in [0.25, 0.3) is 0 Å². The van der Waals surface area contributed by atoms with E-state index >= 15 is 0 Å². The van der Waals surface area contributed by atoms with Crippen LogP contribution in [-0.2, 0) is 0 Å². The van der Waals surface area contributed by atoms with Crippen LogP contribution in [0.1, 0.15) is 41.9 Å². The van der Waals surface area contributed by atoms with Crippen molar-refractivity contribution in [2.75, 3.05) is 26.2 Å². The molecule has 3 heterocycles. The molecule has 1 amide bonds. The Bertz CT molecular complexity index is 474. The first kappa shape index (κ1) is 13.5. The van der Waals surface area contributed by atoms with Gasteiger partial charge in [0.2, 0.25) is 0 Å². The van der Waals surface area contributed by atoms with Crippen molar-refractivity contribution >= 4 is 5.91 Å². The van der Waals surface area contributed by atoms with Crippen LogP contribution in [0.15, 0.2) is 12.4 Å². The van der Waals surface area contributed by atoms with Crippen LogP contribution in [-0.4, -0.2) is 47.0 Å². The Hall–Kier alpha value is -1.49. The number of carbonyl (C=O) groups is 1. The Morgan fingerprint density at radius 2 is 2.15 bits per heavy atom. The Balaban J connectivity index is 1.73. The van der Waals surface area contributed by atoms with E-state index < -0.39 is 0 Å². The number of carbonyl (C=O) groups excluding carboxylic acids is 1. The molecule has 1 unspecified atom stereocenters. The maximum absolute atomic E-state index is 12.5. The van der Waals surface area contributed by atoms with Crippen LogP contribution in [0.4, 0.5) is 0 Å². The molecule has 1 N–H and O–H groups in total. The third-order valence-corrected chi connectivity index (χ3v) is 4.51. The van der Waals surface area contributed by atoms with Crippen molar-refractivity contribution in [3.63, 3.8) is 0 Å². The number of hydrogen-bond acceptors (Lipinski definition) is 4. The zero-order valence-corrected chi connectivity index (χ0v) is 12.1. The van der Waals surface area contributed by atoms with E-state index in [2.05, 4.69) is 15.3 Å². The van der Waals surface area contributed by atoms with E-state index in [4.69, 9.17) is 0 Å². The Labute approximate surface area is 119 Å². The summed E-state index contributed by atoms with van der Waals surface area (Å²) in [4.78, 5) is 22.9. The molecule has 1 atom stereocenters. The molecule has 2 aliphatic rings. The molecule has 2 fully saturated rings. The smallest absolute Gasteiger partial charge is 0.274 e. The predicted molar refractivity (Wildman–Crippen MR) is 76.4 cm³/mol. The van der Waals surface area contributed by atoms with Gasteiger partial charge in [0.05, 0.1) is 11.9 Å². The van der Waals surface area contributed by atoms with Crippen LogP contribution in [0, 0.1) is 12.3 Å². The first-order valence-electron chi connectivity index (χ1n) is 7.47. The fraction of sp³-hybridized carbons (Fsp3) is 0.667. The monoisotopic (exact) mass is 274 g/mol. The average molecular weight is 274 g/mol. The molecule has 0 aliphatic carbocycles. The maximum Gasteiger partial charge on any atom is 0.274 e. The second-order valence-corrected chi connectivity index (χ2v) is 6.15. The molecule has 20 heavy (non-hydrogen) atoms. The molecule has 1 aromatic heterocycles. The summed E-state index contributed by atoms with van der Waals surface area (Å²) in [5, 5.41) is 3.49. The van der Waals surface area contributed by atoms with Gasteiger partial charge in [-0.15, -0.1) is 0 Å². The number of likely N-dealkylation sites (tertiary alicyclic amines) is 1. The van der Waals surface area contributed by atoms with Crippen molar-refractivity contribution < 1.29 is 4.79 Å². The first-order valence-corrected chi connectivity index (χ1v) is 7.47. The highest BCUT2D eigenvalue weighted by molar-refractivity contribution is 5.92. The molecular formula is C15H22N4O. The fourth-order valence-corrected chi connectivity index (χ4v) is 3.42. The number of piperidine rings is 2. The highest BCUT2D eigenvalue weighted by Crippen LogP contribution is 2.36. The number of hydrogen-bond donors (Lipinski definition) is 1. The van der Waals surface area contributed by atoms with E-state index in [9.17, 15) is 4.79 Å². The molecule has 0 aromatic carbocycles. The van der Waals surface area contributed by atoms with Gasteiger partial charge in [0.15, 0.2) is 0 Å². The Morgan fingerprint density at radius 1 is 1.30 bits per heavy atom. The molecular weight excluding hydrogens is 252 g/mol. The largest absolute Gasteiger partial charge is 0.337 e. The molecule has 5 nitrogen and oxygen atoms in total. The first-order chi connectivity index (χ1) is 9.69. The standard InChI is InChI=1S/C15H22N4O/c1-12-8-18-13(9-17-12)14(20)19-7-3-5-15(11-19)4-2-6-16-10-15/h8-9,16H,2-7,10-11H2,1H3. The molecule has 0 saturated carbocycles. The number of aryl methyl sites for hydroxylation is 1. The summed E-state index contributed by atoms with van der Waals surface area (Å²) in [5.41, 5.74) is 1.59. The van der Waals surface area contributed by atoms with Crippen molar-refractivity contribution in [1.29, 1.82) is 0 Å². The predicted octanol–water partition coefficient (Wildman–Crippen LogP) is 1.39. The number of rotatable bonds is 1. The van der Waals surface area contributed by atoms with Crippen LogP contribution < -0.4 is 5.32 Å². The van der Waals surface area contributed by atoms with Gasteiger partial charge in [0.25, 0.3) is 5.91 Å². The number of nitrogens with zero attached hydrogens (tertiary/aromatic N) is 3. The molecule has 3 rings (SSSR count). The lowest BCUT2D eigenvalue weighted by Gasteiger charge is -2.45. The lowest BCUT2D eigenvalue weighted by Crippen LogP contribution is -2.52. The minimum atomic E-state index is 0.0298. The zero-order valence-electron chi connectivity index (χ0n) is 12.1. The molecule has 0 radical (unpaired) electrons. The molecule has 1 aromatic rings. The molecule has 2 saturated heterocycles. The van der Waals surface area contributed by atoms with Crippen molar-refractivity contribution in [2.24, 2.45) is 5.41 Å². The van der Waals surface area contributed by atoms with Gasteiger partial charge in [-0.25, -0.2) is 4.98 Å². The topological polar surface area (TPSA) is 58.1 Å². The second-order valence-electron chi connectivity index (χ2n) is 6.15. The van der Waals surface area contributed by atoms with Gasteiger partial charge < -0.3 is 10.2 Å². The van der Waals surface area contributed by atoms with E-state index in [-0.39, 0.29) is 11.3 Å². The summed E-state index contributed by atoms with van der Waals surface area (Å²) in [6.07, 6.45) is 8.01. The quantitative estimate of drug-likeness (QED) is 0.841. The SMILES string of the molecule is Cc1cnc(C(=O)N2CCCC3(CCCNC3)C2)cn1. The lowest BCUT2D eigenvalue weighted by molar-refractivity contribution is 0.0428. The van der Waals surface area contributed by atoms with Gasteiger partial charge >= 0.3 is 0 Å². The zero-order chi connectivity index (χ0) is 14.0. The Morgan fingerprint density at radius 3 is 2.85 bits per heavy atom. The van der Waals surface area contributed by atoms with E-state index in [0.717, 1.165) is 38.3 Å². The van der Waals surface area contributed by atoms with Gasteiger partial charge in [0.1, 0.15) is 5.69 Å². The summed E-state index contributed by atoms with van der Waals surface area (Å²) >= 11 is 0. The number of amides is 1. The van der Waals surface area contributed by atoms with Gasteiger partial charge in [-0.3, -0.25) is 9.78 Å². The van der Waals surface area contributed by atoms with Crippen LogP contribution in [0.5, 0.6) is 0 Å². The third kappa shape index (κ3) is 2.68. The number of aromatic nitrogens is 2. The van der Waals surface area contributed by atoms with E-state index in [1.54, 1.807) is 12.4 Å². The summed E-state index contributed by atoms with van der Waals surface area (Å²) < 4.78 is 0. The molecule has 108 valence electrons. The molecule has 1 spiro atoms. The van der Waals surface area contributed by atoms with Crippen LogP contribution in [0.2, 0.25) is 0 Å². The van der Waals surface area contributed by atoms with Gasteiger partial charge in [-0.2, -0.15) is 0 Å². The molecule has 0 bridgehead atoms. The summed E-state index contributed by atoms with van der Waals surface area (Å²) in [5.74, 6) is 0.0298. The summed E-state index contributed by atoms with van der Waals surface area (Å²) in [7, 11) is 0. The van der Waals surface area contributed by atoms with E-state index in [0.29, 0.717) is 5.69 Å². The molecule has 5 heteroatoms. The van der Waals surface area contributed by atoms with E-state index in [1.165, 1.54) is 19.3 Å². The van der Waals surface area contributed by atoms with Crippen molar-refractivity contribution in [3.8, 4) is 0 Å². The fourth-order valence-electron chi connectivity index (χ4n) is 3.42. The van der Waals surface area contributed by atoms with Crippen molar-refractivity contribution in [2.45, 2.75) is 32.6 Å². The minimum absolute atomic E-state index is 0.0298. The van der Waals surface area contributed by atoms with Crippen LogP contribution >= 0.6 is 0 Å². The van der Waals surface area contributed by atoms with Crippen molar-refractivity contribution in [3.05, 3.63) is 23.8 Å². The summed E-state index contributed by atoms with van der Waals surface area (Å²) in [6, 6.07) is 0. The van der Waals surface area contributed by atoms with Gasteiger partial charge in [-0.05, 0) is 39.2 Å².